The van der Waals surface area contributed by atoms with Crippen LogP contribution in [0.25, 0.3) is 0 Å². The second-order valence-corrected chi connectivity index (χ2v) is 5.30. The molecule has 2 rings (SSSR count). The summed E-state index contributed by atoms with van der Waals surface area (Å²) < 4.78 is 5.86. The number of anilines is 2. The summed E-state index contributed by atoms with van der Waals surface area (Å²) in [6, 6.07) is 8.11. The third-order valence-electron chi connectivity index (χ3n) is 3.49. The van der Waals surface area contributed by atoms with Crippen molar-refractivity contribution in [1.82, 2.24) is 4.90 Å². The molecule has 19 heavy (non-hydrogen) atoms. The van der Waals surface area contributed by atoms with Crippen LogP contribution in [0.3, 0.4) is 0 Å². The summed E-state index contributed by atoms with van der Waals surface area (Å²) in [4.78, 5) is 4.71. The number of morpholine rings is 1. The van der Waals surface area contributed by atoms with Crippen molar-refractivity contribution < 1.29 is 4.74 Å². The Kier molecular flexibility index (Phi) is 5.05. The van der Waals surface area contributed by atoms with Crippen LogP contribution in [-0.4, -0.2) is 50.8 Å². The maximum atomic E-state index is 5.88. The molecule has 1 aromatic rings. The fourth-order valence-corrected chi connectivity index (χ4v) is 2.54. The van der Waals surface area contributed by atoms with Gasteiger partial charge in [-0.1, -0.05) is 13.0 Å². The Labute approximate surface area is 116 Å². The fraction of sp³-hybridized carbons (Fsp3) is 0.600. The molecule has 1 atom stereocenters. The van der Waals surface area contributed by atoms with E-state index in [0.29, 0.717) is 0 Å². The van der Waals surface area contributed by atoms with E-state index in [1.807, 2.05) is 18.2 Å². The summed E-state index contributed by atoms with van der Waals surface area (Å²) in [7, 11) is 2.15. The van der Waals surface area contributed by atoms with E-state index >= 15 is 0 Å². The van der Waals surface area contributed by atoms with E-state index in [9.17, 15) is 0 Å². The monoisotopic (exact) mass is 263 g/mol. The number of nitrogens with zero attached hydrogens (tertiary/aromatic N) is 2. The molecule has 1 aliphatic rings. The van der Waals surface area contributed by atoms with E-state index in [-0.39, 0.29) is 6.10 Å². The third-order valence-corrected chi connectivity index (χ3v) is 3.49. The number of likely N-dealkylation sites (N-methyl/N-ethyl adjacent to an activating group) is 1. The van der Waals surface area contributed by atoms with E-state index in [0.717, 1.165) is 44.9 Å². The topological polar surface area (TPSA) is 41.7 Å². The smallest absolute Gasteiger partial charge is 0.0876 e. The minimum Gasteiger partial charge on any atom is -0.399 e. The van der Waals surface area contributed by atoms with Gasteiger partial charge in [-0.25, -0.2) is 0 Å². The maximum absolute atomic E-state index is 5.88. The molecule has 106 valence electrons. The van der Waals surface area contributed by atoms with Gasteiger partial charge in [-0.3, -0.25) is 0 Å². The molecule has 1 unspecified atom stereocenters. The number of hydrogen-bond acceptors (Lipinski definition) is 4. The SMILES string of the molecule is CCCN(CC1CN(C)CCO1)c1cccc(N)c1. The first-order valence-electron chi connectivity index (χ1n) is 7.09. The van der Waals surface area contributed by atoms with Crippen molar-refractivity contribution in [3.8, 4) is 0 Å². The van der Waals surface area contributed by atoms with Crippen LogP contribution in [0, 0.1) is 0 Å². The zero-order valence-corrected chi connectivity index (χ0v) is 12.0. The standard InChI is InChI=1S/C15H25N3O/c1-3-7-18(14-6-4-5-13(16)10-14)12-15-11-17(2)8-9-19-15/h4-6,10,15H,3,7-9,11-12,16H2,1-2H3. The normalized spacial score (nSPS) is 20.4. The van der Waals surface area contributed by atoms with Gasteiger partial charge >= 0.3 is 0 Å². The predicted octanol–water partition coefficient (Wildman–Crippen LogP) is 1.82. The number of rotatable bonds is 5. The average Bonchev–Trinajstić information content (AvgIpc) is 2.38. The quantitative estimate of drug-likeness (QED) is 0.823. The summed E-state index contributed by atoms with van der Waals surface area (Å²) in [6.45, 7) is 7.03. The van der Waals surface area contributed by atoms with Gasteiger partial charge in [0.25, 0.3) is 0 Å². The molecule has 4 heteroatoms. The minimum absolute atomic E-state index is 0.284. The summed E-state index contributed by atoms with van der Waals surface area (Å²) in [5, 5.41) is 0. The lowest BCUT2D eigenvalue weighted by Gasteiger charge is -2.35. The number of nitrogen functional groups attached to an aromatic ring is 1. The third kappa shape index (κ3) is 4.11. The Hall–Kier alpha value is -1.26. The lowest BCUT2D eigenvalue weighted by Crippen LogP contribution is -2.46. The Morgan fingerprint density at radius 2 is 2.32 bits per heavy atom. The van der Waals surface area contributed by atoms with E-state index in [2.05, 4.69) is 29.8 Å². The van der Waals surface area contributed by atoms with Crippen LogP contribution in [0.15, 0.2) is 24.3 Å². The molecule has 1 aliphatic heterocycles. The number of nitrogens with two attached hydrogens (primary N) is 1. The maximum Gasteiger partial charge on any atom is 0.0876 e. The highest BCUT2D eigenvalue weighted by Crippen LogP contribution is 2.19. The van der Waals surface area contributed by atoms with Gasteiger partial charge in [0.1, 0.15) is 0 Å². The number of hydrogen-bond donors (Lipinski definition) is 1. The summed E-state index contributed by atoms with van der Waals surface area (Å²) in [5.41, 5.74) is 7.89. The molecule has 0 spiro atoms. The molecule has 1 aromatic carbocycles. The van der Waals surface area contributed by atoms with Crippen molar-refractivity contribution in [3.63, 3.8) is 0 Å². The van der Waals surface area contributed by atoms with Gasteiger partial charge in [0.2, 0.25) is 0 Å². The molecule has 1 fully saturated rings. The Balaban J connectivity index is 2.03. The van der Waals surface area contributed by atoms with Crippen molar-refractivity contribution in [2.45, 2.75) is 19.4 Å². The first-order chi connectivity index (χ1) is 9.19. The van der Waals surface area contributed by atoms with E-state index in [1.54, 1.807) is 0 Å². The Morgan fingerprint density at radius 3 is 3.00 bits per heavy atom. The van der Waals surface area contributed by atoms with E-state index < -0.39 is 0 Å². The first-order valence-corrected chi connectivity index (χ1v) is 7.09. The van der Waals surface area contributed by atoms with Crippen molar-refractivity contribution in [3.05, 3.63) is 24.3 Å². The van der Waals surface area contributed by atoms with Crippen LogP contribution in [0.5, 0.6) is 0 Å². The van der Waals surface area contributed by atoms with Crippen LogP contribution in [0.2, 0.25) is 0 Å². The Bertz CT molecular complexity index is 397. The van der Waals surface area contributed by atoms with Gasteiger partial charge in [-0.2, -0.15) is 0 Å². The van der Waals surface area contributed by atoms with Crippen molar-refractivity contribution >= 4 is 11.4 Å². The largest absolute Gasteiger partial charge is 0.399 e. The predicted molar refractivity (Wildman–Crippen MR) is 80.6 cm³/mol. The summed E-state index contributed by atoms with van der Waals surface area (Å²) in [6.07, 6.45) is 1.41. The zero-order chi connectivity index (χ0) is 13.7. The van der Waals surface area contributed by atoms with Crippen LogP contribution in [0.1, 0.15) is 13.3 Å². The molecular weight excluding hydrogens is 238 g/mol. The lowest BCUT2D eigenvalue weighted by molar-refractivity contribution is -0.0147. The molecule has 0 bridgehead atoms. The van der Waals surface area contributed by atoms with Crippen molar-refractivity contribution in [2.24, 2.45) is 0 Å². The van der Waals surface area contributed by atoms with Gasteiger partial charge in [-0.15, -0.1) is 0 Å². The van der Waals surface area contributed by atoms with Gasteiger partial charge in [-0.05, 0) is 31.7 Å². The highest BCUT2D eigenvalue weighted by Gasteiger charge is 2.20. The highest BCUT2D eigenvalue weighted by atomic mass is 16.5. The van der Waals surface area contributed by atoms with E-state index in [1.165, 1.54) is 5.69 Å². The van der Waals surface area contributed by atoms with Gasteiger partial charge in [0.05, 0.1) is 12.7 Å². The van der Waals surface area contributed by atoms with Crippen LogP contribution >= 0.6 is 0 Å². The van der Waals surface area contributed by atoms with Crippen molar-refractivity contribution in [1.29, 1.82) is 0 Å². The molecular formula is C15H25N3O. The minimum atomic E-state index is 0.284. The zero-order valence-electron chi connectivity index (χ0n) is 12.0. The molecule has 0 aliphatic carbocycles. The molecule has 1 saturated heterocycles. The fourth-order valence-electron chi connectivity index (χ4n) is 2.54. The highest BCUT2D eigenvalue weighted by molar-refractivity contribution is 5.56. The first kappa shape index (κ1) is 14.2. The molecule has 0 aromatic heterocycles. The molecule has 1 heterocycles. The average molecular weight is 263 g/mol. The molecule has 0 radical (unpaired) electrons. The number of benzene rings is 1. The second-order valence-electron chi connectivity index (χ2n) is 5.30. The van der Waals surface area contributed by atoms with Crippen LogP contribution in [-0.2, 0) is 4.74 Å². The van der Waals surface area contributed by atoms with Gasteiger partial charge in [0, 0.05) is 37.6 Å². The van der Waals surface area contributed by atoms with Crippen LogP contribution < -0.4 is 10.6 Å². The van der Waals surface area contributed by atoms with E-state index in [4.69, 9.17) is 10.5 Å². The molecule has 2 N–H and O–H groups in total. The van der Waals surface area contributed by atoms with Crippen molar-refractivity contribution in [2.75, 3.05) is 50.5 Å². The second kappa shape index (κ2) is 6.78. The molecule has 4 nitrogen and oxygen atoms in total. The van der Waals surface area contributed by atoms with Gasteiger partial charge < -0.3 is 20.3 Å². The lowest BCUT2D eigenvalue weighted by atomic mass is 10.2. The molecule has 0 saturated carbocycles. The van der Waals surface area contributed by atoms with Crippen LogP contribution in [0.4, 0.5) is 11.4 Å². The van der Waals surface area contributed by atoms with Gasteiger partial charge in [0.15, 0.2) is 0 Å². The number of ether oxygens (including phenoxy) is 1. The Morgan fingerprint density at radius 1 is 1.47 bits per heavy atom. The molecule has 0 amide bonds. The summed E-state index contributed by atoms with van der Waals surface area (Å²) >= 11 is 0. The summed E-state index contributed by atoms with van der Waals surface area (Å²) in [5.74, 6) is 0.